The highest BCUT2D eigenvalue weighted by molar-refractivity contribution is 7.90. The molecule has 1 N–H and O–H groups in total. The Labute approximate surface area is 183 Å². The van der Waals surface area contributed by atoms with Crippen LogP contribution in [0.5, 0.6) is 0 Å². The molecule has 1 saturated carbocycles. The third-order valence-electron chi connectivity index (χ3n) is 6.49. The van der Waals surface area contributed by atoms with Gasteiger partial charge in [0.25, 0.3) is 0 Å². The first-order chi connectivity index (χ1) is 14.7. The van der Waals surface area contributed by atoms with Gasteiger partial charge in [0, 0.05) is 24.5 Å². The van der Waals surface area contributed by atoms with Gasteiger partial charge in [-0.3, -0.25) is 4.98 Å². The third kappa shape index (κ3) is 4.45. The van der Waals surface area contributed by atoms with Gasteiger partial charge in [0.2, 0.25) is 10.0 Å². The van der Waals surface area contributed by atoms with E-state index in [1.807, 2.05) is 56.3 Å². The minimum atomic E-state index is -3.65. The molecule has 2 fully saturated rings. The van der Waals surface area contributed by atoms with E-state index < -0.39 is 32.4 Å². The lowest BCUT2D eigenvalue weighted by atomic mass is 9.73. The first-order valence-corrected chi connectivity index (χ1v) is 12.2. The monoisotopic (exact) mass is 443 g/mol. The number of sulfonamides is 1. The summed E-state index contributed by atoms with van der Waals surface area (Å²) in [4.78, 5) is 18.3. The highest BCUT2D eigenvalue weighted by Crippen LogP contribution is 2.43. The molecule has 31 heavy (non-hydrogen) atoms. The van der Waals surface area contributed by atoms with Gasteiger partial charge in [-0.25, -0.2) is 17.9 Å². The molecule has 0 spiro atoms. The van der Waals surface area contributed by atoms with Crippen molar-refractivity contribution >= 4 is 16.1 Å². The van der Waals surface area contributed by atoms with Crippen molar-refractivity contribution in [2.24, 2.45) is 0 Å². The molecular weight excluding hydrogens is 414 g/mol. The van der Waals surface area contributed by atoms with Crippen molar-refractivity contribution in [3.8, 4) is 0 Å². The lowest BCUT2D eigenvalue weighted by molar-refractivity contribution is 0.0753. The van der Waals surface area contributed by atoms with Crippen molar-refractivity contribution in [3.63, 3.8) is 0 Å². The molecule has 1 saturated heterocycles. The molecule has 1 aromatic carbocycles. The minimum Gasteiger partial charge on any atom is -0.445 e. The zero-order valence-electron chi connectivity index (χ0n) is 18.0. The van der Waals surface area contributed by atoms with Crippen LogP contribution in [0.4, 0.5) is 4.79 Å². The maximum atomic E-state index is 13.3. The molecular formula is C23H29N3O4S. The highest BCUT2D eigenvalue weighted by atomic mass is 32.2. The Morgan fingerprint density at radius 1 is 1.16 bits per heavy atom. The summed E-state index contributed by atoms with van der Waals surface area (Å²) in [7, 11) is -3.65. The number of aromatic nitrogens is 1. The predicted octanol–water partition coefficient (Wildman–Crippen LogP) is 3.57. The maximum Gasteiger partial charge on any atom is 0.410 e. The smallest absolute Gasteiger partial charge is 0.410 e. The van der Waals surface area contributed by atoms with Crippen LogP contribution in [0.3, 0.4) is 0 Å². The number of hydrogen-bond acceptors (Lipinski definition) is 5. The summed E-state index contributed by atoms with van der Waals surface area (Å²) in [6.07, 6.45) is 5.73. The number of carbonyl (C=O) groups excluding carboxylic acids is 1. The number of amides is 1. The predicted molar refractivity (Wildman–Crippen MR) is 118 cm³/mol. The molecule has 1 aliphatic carbocycles. The molecule has 7 nitrogen and oxygen atoms in total. The highest BCUT2D eigenvalue weighted by Gasteiger charge is 2.50. The molecule has 1 aromatic heterocycles. The number of rotatable bonds is 6. The average molecular weight is 444 g/mol. The van der Waals surface area contributed by atoms with Crippen molar-refractivity contribution in [2.75, 3.05) is 6.54 Å². The van der Waals surface area contributed by atoms with Crippen LogP contribution < -0.4 is 4.72 Å². The lowest BCUT2D eigenvalue weighted by Crippen LogP contribution is -2.53. The molecule has 1 amide bonds. The van der Waals surface area contributed by atoms with Gasteiger partial charge in [-0.1, -0.05) is 30.3 Å². The van der Waals surface area contributed by atoms with Gasteiger partial charge >= 0.3 is 6.09 Å². The number of hydrogen-bond donors (Lipinski definition) is 1. The molecule has 2 aromatic rings. The number of nitrogens with one attached hydrogen (secondary N) is 1. The third-order valence-corrected chi connectivity index (χ3v) is 8.35. The number of nitrogens with zero attached hydrogens (tertiary/aromatic N) is 2. The summed E-state index contributed by atoms with van der Waals surface area (Å²) in [6.45, 7) is 4.04. The Morgan fingerprint density at radius 3 is 2.45 bits per heavy atom. The summed E-state index contributed by atoms with van der Waals surface area (Å²) in [6, 6.07) is 13.2. The zero-order chi connectivity index (χ0) is 22.1. The van der Waals surface area contributed by atoms with E-state index in [9.17, 15) is 13.2 Å². The van der Waals surface area contributed by atoms with E-state index in [0.29, 0.717) is 6.42 Å². The second kappa shape index (κ2) is 8.24. The van der Waals surface area contributed by atoms with Crippen LogP contribution >= 0.6 is 0 Å². The Bertz CT molecular complexity index is 1020. The van der Waals surface area contributed by atoms with Gasteiger partial charge < -0.3 is 9.64 Å². The number of benzene rings is 1. The summed E-state index contributed by atoms with van der Waals surface area (Å²) in [5, 5.41) is -0.689. The molecule has 1 aliphatic heterocycles. The first-order valence-electron chi connectivity index (χ1n) is 10.6. The molecule has 1 atom stereocenters. The summed E-state index contributed by atoms with van der Waals surface area (Å²) >= 11 is 0. The zero-order valence-corrected chi connectivity index (χ0v) is 18.8. The Kier molecular flexibility index (Phi) is 5.79. The van der Waals surface area contributed by atoms with E-state index in [4.69, 9.17) is 4.74 Å². The van der Waals surface area contributed by atoms with E-state index >= 15 is 0 Å². The fourth-order valence-corrected chi connectivity index (χ4v) is 6.52. The number of carbonyl (C=O) groups is 1. The fourth-order valence-electron chi connectivity index (χ4n) is 4.52. The molecule has 4 rings (SSSR count). The van der Waals surface area contributed by atoms with E-state index in [-0.39, 0.29) is 13.2 Å². The van der Waals surface area contributed by atoms with Crippen LogP contribution in [0.1, 0.15) is 50.7 Å². The molecule has 166 valence electrons. The lowest BCUT2D eigenvalue weighted by Gasteiger charge is -2.43. The summed E-state index contributed by atoms with van der Waals surface area (Å²) < 4.78 is 35.1. The SMILES string of the molecule is CC1(C)CC(S(=O)(=O)NC2(c3ccncc3)CCC2)CN1C(=O)OCc1ccccc1. The topological polar surface area (TPSA) is 88.6 Å². The van der Waals surface area contributed by atoms with Crippen molar-refractivity contribution in [3.05, 3.63) is 66.0 Å². The Balaban J connectivity index is 1.45. The maximum absolute atomic E-state index is 13.3. The van der Waals surface area contributed by atoms with E-state index in [0.717, 1.165) is 30.4 Å². The van der Waals surface area contributed by atoms with E-state index in [2.05, 4.69) is 9.71 Å². The fraction of sp³-hybridized carbons (Fsp3) is 0.478. The van der Waals surface area contributed by atoms with Crippen LogP contribution in [-0.4, -0.2) is 41.7 Å². The van der Waals surface area contributed by atoms with Gasteiger partial charge in [-0.2, -0.15) is 0 Å². The standard InChI is InChI=1S/C23H29N3O4S/c1-22(2)15-20(16-26(22)21(27)30-17-18-7-4-3-5-8-18)31(28,29)25-23(11-6-12-23)19-9-13-24-14-10-19/h3-5,7-10,13-14,20,25H,6,11-12,15-17H2,1-2H3. The first kappa shape index (κ1) is 21.8. The van der Waals surface area contributed by atoms with Crippen molar-refractivity contribution in [1.82, 2.24) is 14.6 Å². The van der Waals surface area contributed by atoms with Crippen LogP contribution in [0.15, 0.2) is 54.9 Å². The van der Waals surface area contributed by atoms with E-state index in [1.54, 1.807) is 17.3 Å². The van der Waals surface area contributed by atoms with Crippen molar-refractivity contribution in [2.45, 2.75) is 62.5 Å². The second-order valence-corrected chi connectivity index (χ2v) is 11.1. The molecule has 0 bridgehead atoms. The van der Waals surface area contributed by atoms with Gasteiger partial charge in [0.05, 0.1) is 10.8 Å². The van der Waals surface area contributed by atoms with Crippen LogP contribution in [0, 0.1) is 0 Å². The molecule has 0 radical (unpaired) electrons. The summed E-state index contributed by atoms with van der Waals surface area (Å²) in [5.41, 5.74) is 0.640. The minimum absolute atomic E-state index is 0.113. The van der Waals surface area contributed by atoms with Gasteiger partial charge in [0.15, 0.2) is 0 Å². The van der Waals surface area contributed by atoms with Gasteiger partial charge in [-0.05, 0) is 62.8 Å². The van der Waals surface area contributed by atoms with Crippen LogP contribution in [-0.2, 0) is 26.9 Å². The van der Waals surface area contributed by atoms with Crippen LogP contribution in [0.2, 0.25) is 0 Å². The normalized spacial score (nSPS) is 22.0. The number of likely N-dealkylation sites (tertiary alicyclic amines) is 1. The van der Waals surface area contributed by atoms with Gasteiger partial charge in [0.1, 0.15) is 6.61 Å². The summed E-state index contributed by atoms with van der Waals surface area (Å²) in [5.74, 6) is 0. The van der Waals surface area contributed by atoms with E-state index in [1.165, 1.54) is 0 Å². The molecule has 1 unspecified atom stereocenters. The number of pyridine rings is 1. The Morgan fingerprint density at radius 2 is 1.84 bits per heavy atom. The second-order valence-electron chi connectivity index (χ2n) is 9.11. The van der Waals surface area contributed by atoms with Crippen LogP contribution in [0.25, 0.3) is 0 Å². The average Bonchev–Trinajstić information content (AvgIpc) is 3.06. The Hall–Kier alpha value is -2.45. The number of ether oxygens (including phenoxy) is 1. The van der Waals surface area contributed by atoms with Gasteiger partial charge in [-0.15, -0.1) is 0 Å². The quantitative estimate of drug-likeness (QED) is 0.737. The van der Waals surface area contributed by atoms with Crippen molar-refractivity contribution in [1.29, 1.82) is 0 Å². The molecule has 8 heteroatoms. The van der Waals surface area contributed by atoms with Crippen molar-refractivity contribution < 1.29 is 17.9 Å². The molecule has 2 aliphatic rings. The largest absolute Gasteiger partial charge is 0.445 e. The molecule has 2 heterocycles.